The van der Waals surface area contributed by atoms with Crippen LogP contribution in [0.25, 0.3) is 0 Å². The Morgan fingerprint density at radius 1 is 1.20 bits per heavy atom. The number of aliphatic imine (C=N–C) groups is 1. The molecular weight excluding hydrogens is 380 g/mol. The lowest BCUT2D eigenvalue weighted by atomic mass is 10.2. The normalized spacial score (nSPS) is 13.8. The van der Waals surface area contributed by atoms with Crippen molar-refractivity contribution in [3.05, 3.63) is 41.7 Å². The van der Waals surface area contributed by atoms with Crippen molar-refractivity contribution in [1.29, 1.82) is 0 Å². The van der Waals surface area contributed by atoms with Crippen LogP contribution in [0, 0.1) is 13.8 Å². The molecule has 2 heterocycles. The van der Waals surface area contributed by atoms with E-state index in [1.165, 1.54) is 5.69 Å². The van der Waals surface area contributed by atoms with Crippen LogP contribution in [-0.4, -0.2) is 54.4 Å². The van der Waals surface area contributed by atoms with E-state index >= 15 is 0 Å². The summed E-state index contributed by atoms with van der Waals surface area (Å²) < 4.78 is 7.53. The molecule has 3 rings (SSSR count). The van der Waals surface area contributed by atoms with Gasteiger partial charge in [0.1, 0.15) is 5.75 Å². The quantitative estimate of drug-likeness (QED) is 0.375. The standard InChI is InChI=1S/C22H32N6O2/c1-4-23-22(25-12-8-14-28-18(3)15-17(2)26-28)24-11-7-13-27-19-9-5-6-10-20(19)30-16-21(27)29/h5-6,9-10,15H,4,7-8,11-14,16H2,1-3H3,(H2,23,24,25). The van der Waals surface area contributed by atoms with Gasteiger partial charge in [0.2, 0.25) is 0 Å². The van der Waals surface area contributed by atoms with E-state index in [2.05, 4.69) is 40.6 Å². The summed E-state index contributed by atoms with van der Waals surface area (Å²) >= 11 is 0. The minimum atomic E-state index is -0.00753. The lowest BCUT2D eigenvalue weighted by Crippen LogP contribution is -2.40. The topological polar surface area (TPSA) is 83.8 Å². The second-order valence-corrected chi connectivity index (χ2v) is 7.35. The summed E-state index contributed by atoms with van der Waals surface area (Å²) in [6.07, 6.45) is 1.74. The average Bonchev–Trinajstić information content (AvgIpc) is 3.06. The van der Waals surface area contributed by atoms with Crippen molar-refractivity contribution < 1.29 is 9.53 Å². The van der Waals surface area contributed by atoms with Crippen LogP contribution >= 0.6 is 0 Å². The molecule has 0 saturated heterocycles. The Balaban J connectivity index is 1.44. The lowest BCUT2D eigenvalue weighted by molar-refractivity contribution is -0.121. The first-order valence-electron chi connectivity index (χ1n) is 10.6. The highest BCUT2D eigenvalue weighted by atomic mass is 16.5. The maximum atomic E-state index is 12.2. The molecule has 1 aliphatic rings. The Kier molecular flexibility index (Phi) is 7.70. The highest BCUT2D eigenvalue weighted by Gasteiger charge is 2.24. The van der Waals surface area contributed by atoms with Crippen LogP contribution in [0.5, 0.6) is 5.75 Å². The number of hydrogen-bond acceptors (Lipinski definition) is 4. The van der Waals surface area contributed by atoms with Crippen molar-refractivity contribution in [3.8, 4) is 5.75 Å². The smallest absolute Gasteiger partial charge is 0.265 e. The molecule has 8 nitrogen and oxygen atoms in total. The largest absolute Gasteiger partial charge is 0.482 e. The molecule has 2 aromatic rings. The molecule has 0 spiro atoms. The Morgan fingerprint density at radius 3 is 2.80 bits per heavy atom. The molecule has 8 heteroatoms. The SMILES string of the molecule is CCNC(=NCCCN1C(=O)COc2ccccc21)NCCCn1nc(C)cc1C. The minimum absolute atomic E-state index is 0.00753. The van der Waals surface area contributed by atoms with Gasteiger partial charge in [-0.2, -0.15) is 5.10 Å². The maximum absolute atomic E-state index is 12.2. The van der Waals surface area contributed by atoms with Gasteiger partial charge in [0, 0.05) is 38.4 Å². The number of nitrogens with one attached hydrogen (secondary N) is 2. The van der Waals surface area contributed by atoms with Gasteiger partial charge < -0.3 is 20.3 Å². The monoisotopic (exact) mass is 412 g/mol. The summed E-state index contributed by atoms with van der Waals surface area (Å²) in [5, 5.41) is 11.1. The number of fused-ring (bicyclic) bond motifs is 1. The molecule has 1 aromatic heterocycles. The molecule has 0 saturated carbocycles. The summed E-state index contributed by atoms with van der Waals surface area (Å²) in [7, 11) is 0. The highest BCUT2D eigenvalue weighted by Crippen LogP contribution is 2.31. The van der Waals surface area contributed by atoms with Crippen LogP contribution in [0.3, 0.4) is 0 Å². The lowest BCUT2D eigenvalue weighted by Gasteiger charge is -2.29. The molecule has 30 heavy (non-hydrogen) atoms. The summed E-state index contributed by atoms with van der Waals surface area (Å²) in [6, 6.07) is 9.75. The zero-order chi connectivity index (χ0) is 21.3. The predicted molar refractivity (Wildman–Crippen MR) is 119 cm³/mol. The van der Waals surface area contributed by atoms with Gasteiger partial charge in [0.25, 0.3) is 5.91 Å². The molecule has 0 fully saturated rings. The number of aromatic nitrogens is 2. The Hall–Kier alpha value is -3.03. The summed E-state index contributed by atoms with van der Waals surface area (Å²) in [6.45, 7) is 10.0. The van der Waals surface area contributed by atoms with Crippen molar-refractivity contribution >= 4 is 17.6 Å². The molecule has 0 atom stereocenters. The van der Waals surface area contributed by atoms with Gasteiger partial charge >= 0.3 is 0 Å². The number of anilines is 1. The van der Waals surface area contributed by atoms with E-state index in [4.69, 9.17) is 4.74 Å². The first-order chi connectivity index (χ1) is 14.6. The van der Waals surface area contributed by atoms with Crippen LogP contribution < -0.4 is 20.3 Å². The number of amides is 1. The van der Waals surface area contributed by atoms with E-state index in [9.17, 15) is 4.79 Å². The third-order valence-corrected chi connectivity index (χ3v) is 4.90. The second kappa shape index (κ2) is 10.7. The van der Waals surface area contributed by atoms with Crippen molar-refractivity contribution in [3.63, 3.8) is 0 Å². The van der Waals surface area contributed by atoms with E-state index in [1.54, 1.807) is 4.90 Å². The molecule has 0 radical (unpaired) electrons. The fourth-order valence-corrected chi connectivity index (χ4v) is 3.50. The number of guanidine groups is 1. The zero-order valence-corrected chi connectivity index (χ0v) is 18.1. The van der Waals surface area contributed by atoms with Gasteiger partial charge in [0.05, 0.1) is 11.4 Å². The first kappa shape index (κ1) is 21.7. The molecular formula is C22H32N6O2. The number of ether oxygens (including phenoxy) is 1. The number of rotatable bonds is 9. The van der Waals surface area contributed by atoms with Crippen LogP contribution in [0.1, 0.15) is 31.2 Å². The average molecular weight is 413 g/mol. The maximum Gasteiger partial charge on any atom is 0.265 e. The molecule has 162 valence electrons. The number of carbonyl (C=O) groups excluding carboxylic acids is 1. The number of aryl methyl sites for hydroxylation is 3. The van der Waals surface area contributed by atoms with Gasteiger partial charge in [-0.05, 0) is 51.8 Å². The number of hydrogen-bond donors (Lipinski definition) is 2. The summed E-state index contributed by atoms with van der Waals surface area (Å²) in [4.78, 5) is 18.7. The molecule has 1 amide bonds. The zero-order valence-electron chi connectivity index (χ0n) is 18.1. The second-order valence-electron chi connectivity index (χ2n) is 7.35. The fraction of sp³-hybridized carbons (Fsp3) is 0.500. The van der Waals surface area contributed by atoms with Crippen molar-refractivity contribution in [2.75, 3.05) is 37.7 Å². The van der Waals surface area contributed by atoms with Crippen molar-refractivity contribution in [2.24, 2.45) is 4.99 Å². The van der Waals surface area contributed by atoms with Gasteiger partial charge in [-0.15, -0.1) is 0 Å². The van der Waals surface area contributed by atoms with Crippen LogP contribution in [-0.2, 0) is 11.3 Å². The Labute approximate surface area is 178 Å². The number of para-hydroxylation sites is 2. The molecule has 0 bridgehead atoms. The first-order valence-corrected chi connectivity index (χ1v) is 10.6. The van der Waals surface area contributed by atoms with Gasteiger partial charge in [-0.3, -0.25) is 14.5 Å². The molecule has 1 aromatic carbocycles. The minimum Gasteiger partial charge on any atom is -0.482 e. The summed E-state index contributed by atoms with van der Waals surface area (Å²) in [5.74, 6) is 1.56. The third-order valence-electron chi connectivity index (χ3n) is 4.90. The number of nitrogens with zero attached hydrogens (tertiary/aromatic N) is 4. The van der Waals surface area contributed by atoms with Gasteiger partial charge in [0.15, 0.2) is 12.6 Å². The number of carbonyl (C=O) groups is 1. The van der Waals surface area contributed by atoms with E-state index < -0.39 is 0 Å². The predicted octanol–water partition coefficient (Wildman–Crippen LogP) is 2.26. The Morgan fingerprint density at radius 2 is 2.03 bits per heavy atom. The number of benzene rings is 1. The van der Waals surface area contributed by atoms with Crippen molar-refractivity contribution in [1.82, 2.24) is 20.4 Å². The fourth-order valence-electron chi connectivity index (χ4n) is 3.50. The van der Waals surface area contributed by atoms with E-state index in [1.807, 2.05) is 35.9 Å². The van der Waals surface area contributed by atoms with E-state index in [0.717, 1.165) is 55.6 Å². The van der Waals surface area contributed by atoms with Crippen LogP contribution in [0.4, 0.5) is 5.69 Å². The summed E-state index contributed by atoms with van der Waals surface area (Å²) in [5.41, 5.74) is 3.08. The third kappa shape index (κ3) is 5.75. The van der Waals surface area contributed by atoms with Crippen LogP contribution in [0.2, 0.25) is 0 Å². The van der Waals surface area contributed by atoms with E-state index in [-0.39, 0.29) is 12.5 Å². The molecule has 0 aliphatic carbocycles. The van der Waals surface area contributed by atoms with Gasteiger partial charge in [-0.25, -0.2) is 0 Å². The Bertz CT molecular complexity index is 876. The van der Waals surface area contributed by atoms with E-state index in [0.29, 0.717) is 13.1 Å². The highest BCUT2D eigenvalue weighted by molar-refractivity contribution is 5.97. The molecule has 2 N–H and O–H groups in total. The van der Waals surface area contributed by atoms with Crippen LogP contribution in [0.15, 0.2) is 35.3 Å². The molecule has 1 aliphatic heterocycles. The van der Waals surface area contributed by atoms with Crippen molar-refractivity contribution in [2.45, 2.75) is 40.2 Å². The van der Waals surface area contributed by atoms with Gasteiger partial charge in [-0.1, -0.05) is 12.1 Å². The molecule has 0 unspecified atom stereocenters.